The number of methoxy groups -OCH3 is 1. The summed E-state index contributed by atoms with van der Waals surface area (Å²) in [5.41, 5.74) is 2.68. The van der Waals surface area contributed by atoms with E-state index in [0.29, 0.717) is 11.9 Å². The Labute approximate surface area is 145 Å². The van der Waals surface area contributed by atoms with Crippen molar-refractivity contribution in [1.82, 2.24) is 20.2 Å². The number of hydrogen-bond acceptors (Lipinski definition) is 6. The number of nitrogens with one attached hydrogen (secondary N) is 1. The summed E-state index contributed by atoms with van der Waals surface area (Å²) in [4.78, 5) is 11.2. The number of morpholine rings is 1. The molecule has 3 aromatic heterocycles. The number of hydrogen-bond donors (Lipinski definition) is 1. The molecule has 3 aromatic rings. The van der Waals surface area contributed by atoms with Gasteiger partial charge >= 0.3 is 0 Å². The van der Waals surface area contributed by atoms with Gasteiger partial charge in [0.15, 0.2) is 0 Å². The van der Waals surface area contributed by atoms with Crippen molar-refractivity contribution in [1.29, 1.82) is 0 Å². The predicted octanol–water partition coefficient (Wildman–Crippen LogP) is 2.40. The number of pyridine rings is 2. The molecule has 2 aliphatic heterocycles. The molecule has 1 N–H and O–H groups in total. The molecule has 7 heteroatoms. The Hall–Kier alpha value is -2.67. The van der Waals surface area contributed by atoms with Gasteiger partial charge in [-0.1, -0.05) is 0 Å². The molecule has 2 saturated heterocycles. The molecule has 0 unspecified atom stereocenters. The summed E-state index contributed by atoms with van der Waals surface area (Å²) in [6.07, 6.45) is 4.61. The second kappa shape index (κ2) is 5.16. The molecule has 2 atom stereocenters. The number of nitrogens with zero attached hydrogens (tertiary/aromatic N) is 4. The highest BCUT2D eigenvalue weighted by Gasteiger charge is 2.48. The van der Waals surface area contributed by atoms with Gasteiger partial charge in [0.1, 0.15) is 11.5 Å². The zero-order valence-corrected chi connectivity index (χ0v) is 14.2. The molecule has 0 aromatic carbocycles. The van der Waals surface area contributed by atoms with Crippen LogP contribution in [0.4, 0.5) is 5.82 Å². The molecule has 0 amide bonds. The van der Waals surface area contributed by atoms with Gasteiger partial charge in [0.05, 0.1) is 36.3 Å². The highest BCUT2D eigenvalue weighted by molar-refractivity contribution is 5.96. The minimum atomic E-state index is -0.0471. The number of ether oxygens (including phenoxy) is 2. The molecule has 2 aliphatic rings. The zero-order valence-electron chi connectivity index (χ0n) is 14.2. The van der Waals surface area contributed by atoms with Crippen LogP contribution in [0.15, 0.2) is 30.6 Å². The SMILES string of the molecule is COc1nccc2[nH]nc(-c3ccnc(N4C[C@@]5(C)C[C@H]4CO5)c3)c12. The maximum absolute atomic E-state index is 5.87. The molecule has 5 rings (SSSR count). The van der Waals surface area contributed by atoms with Gasteiger partial charge in [-0.2, -0.15) is 5.10 Å². The van der Waals surface area contributed by atoms with Gasteiger partial charge < -0.3 is 14.4 Å². The fourth-order valence-corrected chi connectivity index (χ4v) is 4.00. The summed E-state index contributed by atoms with van der Waals surface area (Å²) < 4.78 is 11.3. The Bertz CT molecular complexity index is 956. The molecule has 5 heterocycles. The minimum Gasteiger partial charge on any atom is -0.480 e. The molecule has 0 aliphatic carbocycles. The Balaban J connectivity index is 1.58. The van der Waals surface area contributed by atoms with Crippen molar-refractivity contribution in [2.45, 2.75) is 25.0 Å². The monoisotopic (exact) mass is 337 g/mol. The zero-order chi connectivity index (χ0) is 17.0. The van der Waals surface area contributed by atoms with Crippen molar-refractivity contribution in [3.63, 3.8) is 0 Å². The number of anilines is 1. The van der Waals surface area contributed by atoms with Crippen molar-refractivity contribution in [3.05, 3.63) is 30.6 Å². The van der Waals surface area contributed by atoms with Crippen LogP contribution in [-0.4, -0.2) is 52.1 Å². The number of aromatic amines is 1. The van der Waals surface area contributed by atoms with Crippen LogP contribution < -0.4 is 9.64 Å². The second-order valence-corrected chi connectivity index (χ2v) is 6.96. The molecule has 128 valence electrons. The Morgan fingerprint density at radius 3 is 2.96 bits per heavy atom. The van der Waals surface area contributed by atoms with Crippen molar-refractivity contribution in [3.8, 4) is 17.1 Å². The number of aromatic nitrogens is 4. The highest BCUT2D eigenvalue weighted by atomic mass is 16.5. The first kappa shape index (κ1) is 14.7. The van der Waals surface area contributed by atoms with E-state index >= 15 is 0 Å². The maximum Gasteiger partial charge on any atom is 0.224 e. The van der Waals surface area contributed by atoms with Crippen LogP contribution >= 0.6 is 0 Å². The normalized spacial score (nSPS) is 25.0. The first-order valence-corrected chi connectivity index (χ1v) is 8.41. The van der Waals surface area contributed by atoms with Crippen LogP contribution in [0.1, 0.15) is 13.3 Å². The van der Waals surface area contributed by atoms with Gasteiger partial charge in [0.2, 0.25) is 5.88 Å². The van der Waals surface area contributed by atoms with E-state index in [2.05, 4.69) is 38.1 Å². The predicted molar refractivity (Wildman–Crippen MR) is 93.8 cm³/mol. The van der Waals surface area contributed by atoms with E-state index in [4.69, 9.17) is 9.47 Å². The summed E-state index contributed by atoms with van der Waals surface area (Å²) in [5.74, 6) is 1.54. The molecular formula is C18H19N5O2. The van der Waals surface area contributed by atoms with Crippen molar-refractivity contribution in [2.75, 3.05) is 25.2 Å². The van der Waals surface area contributed by atoms with E-state index in [0.717, 1.165) is 47.6 Å². The third-order valence-corrected chi connectivity index (χ3v) is 5.18. The average molecular weight is 337 g/mol. The molecule has 2 bridgehead atoms. The summed E-state index contributed by atoms with van der Waals surface area (Å²) in [5, 5.41) is 8.44. The Morgan fingerprint density at radius 1 is 1.32 bits per heavy atom. The van der Waals surface area contributed by atoms with Crippen LogP contribution in [0.25, 0.3) is 22.2 Å². The quantitative estimate of drug-likeness (QED) is 0.791. The van der Waals surface area contributed by atoms with Crippen molar-refractivity contribution in [2.24, 2.45) is 0 Å². The van der Waals surface area contributed by atoms with Crippen LogP contribution in [-0.2, 0) is 4.74 Å². The standard InChI is InChI=1S/C18H19N5O2/c1-18-8-12(9-25-18)23(10-18)14-7-11(3-5-19-14)16-15-13(21-22-16)4-6-20-17(15)24-2/h3-7,12H,8-10H2,1-2H3,(H,21,22)/t12-,18+/m0/s1. The van der Waals surface area contributed by atoms with Gasteiger partial charge in [-0.05, 0) is 25.1 Å². The smallest absolute Gasteiger partial charge is 0.224 e. The maximum atomic E-state index is 5.87. The van der Waals surface area contributed by atoms with Crippen LogP contribution in [0.2, 0.25) is 0 Å². The summed E-state index contributed by atoms with van der Waals surface area (Å²) in [6.45, 7) is 3.82. The molecule has 0 radical (unpaired) electrons. The van der Waals surface area contributed by atoms with Gasteiger partial charge in [0, 0.05) is 30.9 Å². The fraction of sp³-hybridized carbons (Fsp3) is 0.389. The van der Waals surface area contributed by atoms with E-state index in [9.17, 15) is 0 Å². The first-order valence-electron chi connectivity index (χ1n) is 8.41. The van der Waals surface area contributed by atoms with Crippen LogP contribution in [0.3, 0.4) is 0 Å². The Morgan fingerprint density at radius 2 is 2.20 bits per heavy atom. The van der Waals surface area contributed by atoms with Crippen LogP contribution in [0.5, 0.6) is 5.88 Å². The summed E-state index contributed by atoms with van der Waals surface area (Å²) >= 11 is 0. The minimum absolute atomic E-state index is 0.0471. The fourth-order valence-electron chi connectivity index (χ4n) is 4.00. The first-order chi connectivity index (χ1) is 12.2. The van der Waals surface area contributed by atoms with Crippen molar-refractivity contribution < 1.29 is 9.47 Å². The highest BCUT2D eigenvalue weighted by Crippen LogP contribution is 2.40. The Kier molecular flexibility index (Phi) is 3.03. The largest absolute Gasteiger partial charge is 0.480 e. The van der Waals surface area contributed by atoms with E-state index in [1.165, 1.54) is 0 Å². The van der Waals surface area contributed by atoms with E-state index in [1.807, 2.05) is 18.3 Å². The lowest BCUT2D eigenvalue weighted by Gasteiger charge is -2.31. The van der Waals surface area contributed by atoms with E-state index in [1.54, 1.807) is 13.3 Å². The average Bonchev–Trinajstić information content (AvgIpc) is 3.32. The lowest BCUT2D eigenvalue weighted by molar-refractivity contribution is 0.0167. The van der Waals surface area contributed by atoms with Crippen LogP contribution in [0, 0.1) is 0 Å². The molecule has 2 fully saturated rings. The lowest BCUT2D eigenvalue weighted by Crippen LogP contribution is -2.41. The number of rotatable bonds is 3. The topological polar surface area (TPSA) is 76.2 Å². The molecule has 25 heavy (non-hydrogen) atoms. The van der Waals surface area contributed by atoms with Gasteiger partial charge in [0.25, 0.3) is 0 Å². The lowest BCUT2D eigenvalue weighted by atomic mass is 10.1. The van der Waals surface area contributed by atoms with E-state index < -0.39 is 0 Å². The van der Waals surface area contributed by atoms with Gasteiger partial charge in [-0.3, -0.25) is 5.10 Å². The third-order valence-electron chi connectivity index (χ3n) is 5.18. The van der Waals surface area contributed by atoms with E-state index in [-0.39, 0.29) is 5.60 Å². The molecular weight excluding hydrogens is 318 g/mol. The van der Waals surface area contributed by atoms with Gasteiger partial charge in [-0.15, -0.1) is 0 Å². The summed E-state index contributed by atoms with van der Waals surface area (Å²) in [7, 11) is 1.62. The molecule has 7 nitrogen and oxygen atoms in total. The number of H-pyrrole nitrogens is 1. The van der Waals surface area contributed by atoms with Gasteiger partial charge in [-0.25, -0.2) is 9.97 Å². The second-order valence-electron chi connectivity index (χ2n) is 6.96. The van der Waals surface area contributed by atoms with Crippen molar-refractivity contribution >= 4 is 16.7 Å². The molecule has 0 spiro atoms. The number of fused-ring (bicyclic) bond motifs is 3. The molecule has 0 saturated carbocycles. The third kappa shape index (κ3) is 2.19. The summed E-state index contributed by atoms with van der Waals surface area (Å²) in [6, 6.07) is 6.36.